The maximum Gasteiger partial charge on any atom is 0.337 e. The average molecular weight is 357 g/mol. The van der Waals surface area contributed by atoms with Gasteiger partial charge in [-0.05, 0) is 30.2 Å². The third-order valence-electron chi connectivity index (χ3n) is 3.69. The number of aliphatic hydroxyl groups excluding tert-OH is 1. The van der Waals surface area contributed by atoms with Gasteiger partial charge in [-0.3, -0.25) is 4.79 Å². The van der Waals surface area contributed by atoms with Crippen LogP contribution >= 0.6 is 0 Å². The summed E-state index contributed by atoms with van der Waals surface area (Å²) in [6.07, 6.45) is -1.49. The summed E-state index contributed by atoms with van der Waals surface area (Å²) in [7, 11) is 0. The fourth-order valence-electron chi connectivity index (χ4n) is 2.44. The normalized spacial score (nSPS) is 12.7. The Morgan fingerprint density at radius 1 is 1.08 bits per heavy atom. The van der Waals surface area contributed by atoms with E-state index < -0.39 is 18.1 Å². The summed E-state index contributed by atoms with van der Waals surface area (Å²) < 4.78 is 10.5. The molecular weight excluding hydrogens is 334 g/mol. The van der Waals surface area contributed by atoms with E-state index in [1.807, 2.05) is 30.3 Å². The summed E-state index contributed by atoms with van der Waals surface area (Å²) in [6.45, 7) is 3.55. The number of benzene rings is 2. The summed E-state index contributed by atoms with van der Waals surface area (Å²) in [5.74, 6) is -0.497. The first-order valence-corrected chi connectivity index (χ1v) is 8.39. The number of hydrogen-bond donors (Lipinski definition) is 2. The Morgan fingerprint density at radius 2 is 1.73 bits per heavy atom. The lowest BCUT2D eigenvalue weighted by Crippen LogP contribution is -2.40. The number of rotatable bonds is 8. The molecule has 2 N–H and O–H groups in total. The lowest BCUT2D eigenvalue weighted by Gasteiger charge is -2.23. The maximum absolute atomic E-state index is 11.8. The van der Waals surface area contributed by atoms with Crippen molar-refractivity contribution < 1.29 is 24.2 Å². The second kappa shape index (κ2) is 9.58. The Kier molecular flexibility index (Phi) is 7.17. The number of carbonyl (C=O) groups excluding carboxylic acids is 2. The van der Waals surface area contributed by atoms with Gasteiger partial charge in [0.1, 0.15) is 12.4 Å². The number of amides is 1. The molecule has 2 atom stereocenters. The maximum atomic E-state index is 11.8. The molecule has 0 heterocycles. The second-order valence-electron chi connectivity index (χ2n) is 5.72. The van der Waals surface area contributed by atoms with E-state index in [0.717, 1.165) is 5.56 Å². The van der Waals surface area contributed by atoms with Crippen LogP contribution in [-0.4, -0.2) is 29.7 Å². The quantitative estimate of drug-likeness (QED) is 0.709. The SMILES string of the molecule is CCOC(=O)[C@H](O)[C@@H](NC(C)=O)c1ccc(OCc2ccccc2)cc1. The van der Waals surface area contributed by atoms with Gasteiger partial charge < -0.3 is 19.9 Å². The molecule has 1 amide bonds. The minimum absolute atomic E-state index is 0.148. The zero-order valence-electron chi connectivity index (χ0n) is 14.8. The highest BCUT2D eigenvalue weighted by Gasteiger charge is 2.29. The lowest BCUT2D eigenvalue weighted by atomic mass is 10.0. The summed E-state index contributed by atoms with van der Waals surface area (Å²) in [6, 6.07) is 15.7. The summed E-state index contributed by atoms with van der Waals surface area (Å²) in [5.41, 5.74) is 1.62. The first-order chi connectivity index (χ1) is 12.5. The van der Waals surface area contributed by atoms with Gasteiger partial charge in [0, 0.05) is 6.92 Å². The van der Waals surface area contributed by atoms with Crippen LogP contribution in [-0.2, 0) is 20.9 Å². The number of ether oxygens (including phenoxy) is 2. The Morgan fingerprint density at radius 3 is 2.31 bits per heavy atom. The molecule has 2 aromatic carbocycles. The number of esters is 1. The van der Waals surface area contributed by atoms with Crippen LogP contribution < -0.4 is 10.1 Å². The fraction of sp³-hybridized carbons (Fsp3) is 0.300. The molecule has 0 aliphatic heterocycles. The Hall–Kier alpha value is -2.86. The summed E-state index contributed by atoms with van der Waals surface area (Å²) in [4.78, 5) is 23.3. The molecule has 0 saturated heterocycles. The minimum atomic E-state index is -1.49. The van der Waals surface area contributed by atoms with Crippen molar-refractivity contribution in [3.05, 3.63) is 65.7 Å². The zero-order valence-corrected chi connectivity index (χ0v) is 14.8. The van der Waals surface area contributed by atoms with Crippen molar-refractivity contribution in [3.8, 4) is 5.75 Å². The van der Waals surface area contributed by atoms with Crippen LogP contribution in [0.3, 0.4) is 0 Å². The van der Waals surface area contributed by atoms with Gasteiger partial charge in [-0.1, -0.05) is 42.5 Å². The molecule has 0 spiro atoms. The van der Waals surface area contributed by atoms with Crippen LogP contribution in [0.15, 0.2) is 54.6 Å². The van der Waals surface area contributed by atoms with Gasteiger partial charge in [0.25, 0.3) is 0 Å². The molecule has 0 bridgehead atoms. The van der Waals surface area contributed by atoms with Gasteiger partial charge in [0.15, 0.2) is 6.10 Å². The predicted molar refractivity (Wildman–Crippen MR) is 96.4 cm³/mol. The van der Waals surface area contributed by atoms with Crippen molar-refractivity contribution in [2.75, 3.05) is 6.61 Å². The second-order valence-corrected chi connectivity index (χ2v) is 5.72. The molecule has 6 nitrogen and oxygen atoms in total. The first kappa shape index (κ1) is 19.5. The molecule has 26 heavy (non-hydrogen) atoms. The Bertz CT molecular complexity index is 715. The van der Waals surface area contributed by atoms with E-state index in [2.05, 4.69) is 5.32 Å². The third kappa shape index (κ3) is 5.60. The number of aliphatic hydroxyl groups is 1. The van der Waals surface area contributed by atoms with Crippen molar-refractivity contribution in [3.63, 3.8) is 0 Å². The number of nitrogens with one attached hydrogen (secondary N) is 1. The van der Waals surface area contributed by atoms with Gasteiger partial charge >= 0.3 is 5.97 Å². The summed E-state index contributed by atoms with van der Waals surface area (Å²) in [5, 5.41) is 12.8. The van der Waals surface area contributed by atoms with Gasteiger partial charge in [-0.15, -0.1) is 0 Å². The van der Waals surface area contributed by atoms with Gasteiger partial charge in [-0.25, -0.2) is 4.79 Å². The highest BCUT2D eigenvalue weighted by atomic mass is 16.5. The van der Waals surface area contributed by atoms with Crippen molar-refractivity contribution in [1.82, 2.24) is 5.32 Å². The highest BCUT2D eigenvalue weighted by molar-refractivity contribution is 5.78. The van der Waals surface area contributed by atoms with Crippen LogP contribution in [0.25, 0.3) is 0 Å². The van der Waals surface area contributed by atoms with E-state index >= 15 is 0 Å². The molecule has 2 rings (SSSR count). The van der Waals surface area contributed by atoms with E-state index in [1.54, 1.807) is 31.2 Å². The predicted octanol–water partition coefficient (Wildman–Crippen LogP) is 2.37. The smallest absolute Gasteiger partial charge is 0.337 e. The first-order valence-electron chi connectivity index (χ1n) is 8.39. The molecule has 0 unspecified atom stereocenters. The van der Waals surface area contributed by atoms with E-state index in [4.69, 9.17) is 9.47 Å². The molecule has 6 heteroatoms. The van der Waals surface area contributed by atoms with E-state index in [1.165, 1.54) is 6.92 Å². The van der Waals surface area contributed by atoms with E-state index in [9.17, 15) is 14.7 Å². The molecule has 0 radical (unpaired) electrons. The van der Waals surface area contributed by atoms with Crippen molar-refractivity contribution >= 4 is 11.9 Å². The van der Waals surface area contributed by atoms with Crippen molar-refractivity contribution in [2.45, 2.75) is 32.6 Å². The largest absolute Gasteiger partial charge is 0.489 e. The molecule has 0 aliphatic carbocycles. The van der Waals surface area contributed by atoms with Crippen molar-refractivity contribution in [1.29, 1.82) is 0 Å². The van der Waals surface area contributed by atoms with Crippen LogP contribution in [0.2, 0.25) is 0 Å². The van der Waals surface area contributed by atoms with E-state index in [0.29, 0.717) is 17.9 Å². The van der Waals surface area contributed by atoms with Gasteiger partial charge in [0.05, 0.1) is 12.6 Å². The third-order valence-corrected chi connectivity index (χ3v) is 3.69. The van der Waals surface area contributed by atoms with Crippen LogP contribution in [0.1, 0.15) is 31.0 Å². The van der Waals surface area contributed by atoms with Crippen LogP contribution in [0.5, 0.6) is 5.75 Å². The molecule has 138 valence electrons. The molecular formula is C20H23NO5. The highest BCUT2D eigenvalue weighted by Crippen LogP contribution is 2.22. The molecule has 2 aromatic rings. The Balaban J connectivity index is 2.08. The molecule has 0 aliphatic rings. The Labute approximate surface area is 152 Å². The van der Waals surface area contributed by atoms with Crippen LogP contribution in [0, 0.1) is 0 Å². The summed E-state index contributed by atoms with van der Waals surface area (Å²) >= 11 is 0. The van der Waals surface area contributed by atoms with Crippen LogP contribution in [0.4, 0.5) is 0 Å². The van der Waals surface area contributed by atoms with Gasteiger partial charge in [0.2, 0.25) is 5.91 Å². The molecule has 0 aromatic heterocycles. The number of hydrogen-bond acceptors (Lipinski definition) is 5. The standard InChI is InChI=1S/C20H23NO5/c1-3-25-20(24)19(23)18(21-14(2)22)16-9-11-17(12-10-16)26-13-15-7-5-4-6-8-15/h4-12,18-19,23H,3,13H2,1-2H3,(H,21,22)/t18-,19+/m0/s1. The topological polar surface area (TPSA) is 84.9 Å². The fourth-order valence-corrected chi connectivity index (χ4v) is 2.44. The zero-order chi connectivity index (χ0) is 18.9. The lowest BCUT2D eigenvalue weighted by molar-refractivity contribution is -0.155. The average Bonchev–Trinajstić information content (AvgIpc) is 2.65. The number of carbonyl (C=O) groups is 2. The minimum Gasteiger partial charge on any atom is -0.489 e. The van der Waals surface area contributed by atoms with Crippen molar-refractivity contribution in [2.24, 2.45) is 0 Å². The molecule has 0 fully saturated rings. The van der Waals surface area contributed by atoms with Gasteiger partial charge in [-0.2, -0.15) is 0 Å². The monoisotopic (exact) mass is 357 g/mol. The van der Waals surface area contributed by atoms with E-state index in [-0.39, 0.29) is 12.5 Å². The molecule has 0 saturated carbocycles.